The second kappa shape index (κ2) is 5.75. The minimum atomic E-state index is -0.963. The molecule has 1 fully saturated rings. The fourth-order valence-corrected chi connectivity index (χ4v) is 1.37. The van der Waals surface area contributed by atoms with Crippen LogP contribution in [0.15, 0.2) is 23.7 Å². The molecule has 2 rings (SSSR count). The summed E-state index contributed by atoms with van der Waals surface area (Å²) in [5.74, 6) is -0.357. The molecule has 8 nitrogen and oxygen atoms in total. The van der Waals surface area contributed by atoms with Crippen LogP contribution in [0.25, 0.3) is 0 Å². The number of pyridine rings is 1. The van der Waals surface area contributed by atoms with Crippen LogP contribution < -0.4 is 4.90 Å². The highest BCUT2D eigenvalue weighted by Gasteiger charge is 2.25. The normalized spacial score (nSPS) is 14.3. The van der Waals surface area contributed by atoms with Gasteiger partial charge in [0.15, 0.2) is 5.34 Å². The smallest absolute Gasteiger partial charge is 0.335 e. The molecule has 92 valence electrons. The number of anilines is 1. The highest BCUT2D eigenvalue weighted by Crippen LogP contribution is 2.18. The third kappa shape index (κ3) is 3.38. The van der Waals surface area contributed by atoms with Gasteiger partial charge in [0.25, 0.3) is 0 Å². The number of aliphatic hydroxyl groups is 1. The van der Waals surface area contributed by atoms with Gasteiger partial charge in [0.1, 0.15) is 5.82 Å². The molecule has 0 unspecified atom stereocenters. The minimum Gasteiger partial charge on any atom is -0.478 e. The van der Waals surface area contributed by atoms with E-state index in [0.717, 1.165) is 0 Å². The van der Waals surface area contributed by atoms with Crippen LogP contribution in [0.4, 0.5) is 5.82 Å². The van der Waals surface area contributed by atoms with Gasteiger partial charge >= 0.3 is 5.97 Å². The van der Waals surface area contributed by atoms with Crippen molar-refractivity contribution in [2.45, 2.75) is 6.10 Å². The molecule has 3 N–H and O–H groups in total. The third-order valence-corrected chi connectivity index (χ3v) is 2.18. The van der Waals surface area contributed by atoms with E-state index >= 15 is 0 Å². The summed E-state index contributed by atoms with van der Waals surface area (Å²) < 4.78 is 0. The molecular weight excluding hydrogens is 230 g/mol. The predicted octanol–water partition coefficient (Wildman–Crippen LogP) is 0.103. The average Bonchev–Trinajstić information content (AvgIpc) is 2.26. The summed E-state index contributed by atoms with van der Waals surface area (Å²) in [6, 6.07) is 2.95. The minimum absolute atomic E-state index is 0.219. The Morgan fingerprint density at radius 1 is 1.53 bits per heavy atom. The van der Waals surface area contributed by atoms with Crippen LogP contribution in [0.1, 0.15) is 10.4 Å². The number of nitrogens with zero attached hydrogens (tertiary/aromatic N) is 3. The van der Waals surface area contributed by atoms with Gasteiger partial charge < -0.3 is 20.3 Å². The monoisotopic (exact) mass is 241 g/mol. The molecule has 0 radical (unpaired) electrons. The Bertz CT molecular complexity index is 405. The van der Waals surface area contributed by atoms with Crippen LogP contribution in [0.2, 0.25) is 0 Å². The van der Waals surface area contributed by atoms with Crippen molar-refractivity contribution in [2.24, 2.45) is 5.34 Å². The Morgan fingerprint density at radius 2 is 2.12 bits per heavy atom. The standard InChI is InChI=1S/C9H10N2O3.HNO2/c12-7-4-11(5-7)8-3-6(9(13)14)1-2-10-8;2-1-3/h1-3,7,12H,4-5H2,(H,13,14);(H,2,3). The largest absolute Gasteiger partial charge is 0.478 e. The molecule has 1 saturated heterocycles. The van der Waals surface area contributed by atoms with Gasteiger partial charge in [-0.25, -0.2) is 9.78 Å². The van der Waals surface area contributed by atoms with E-state index in [1.807, 2.05) is 4.90 Å². The van der Waals surface area contributed by atoms with E-state index in [1.165, 1.54) is 23.7 Å². The van der Waals surface area contributed by atoms with E-state index in [4.69, 9.17) is 20.3 Å². The maximum Gasteiger partial charge on any atom is 0.335 e. The molecule has 0 bridgehead atoms. The van der Waals surface area contributed by atoms with Crippen LogP contribution >= 0.6 is 0 Å². The zero-order valence-corrected chi connectivity index (χ0v) is 8.72. The summed E-state index contributed by atoms with van der Waals surface area (Å²) in [5.41, 5.74) is 0.219. The topological polar surface area (TPSA) is 123 Å². The summed E-state index contributed by atoms with van der Waals surface area (Å²) in [6.07, 6.45) is 1.15. The van der Waals surface area contributed by atoms with Gasteiger partial charge in [0, 0.05) is 19.3 Å². The number of aromatic nitrogens is 1. The lowest BCUT2D eigenvalue weighted by Crippen LogP contribution is -2.51. The first-order valence-corrected chi connectivity index (χ1v) is 4.67. The molecule has 0 aliphatic carbocycles. The van der Waals surface area contributed by atoms with E-state index in [-0.39, 0.29) is 11.7 Å². The van der Waals surface area contributed by atoms with E-state index in [2.05, 4.69) is 4.98 Å². The van der Waals surface area contributed by atoms with E-state index < -0.39 is 5.97 Å². The van der Waals surface area contributed by atoms with Crippen LogP contribution in [0, 0.1) is 4.91 Å². The highest BCUT2D eigenvalue weighted by molar-refractivity contribution is 5.88. The van der Waals surface area contributed by atoms with Crippen molar-refractivity contribution in [3.8, 4) is 0 Å². The molecule has 0 saturated carbocycles. The number of aromatic carboxylic acids is 1. The lowest BCUT2D eigenvalue weighted by atomic mass is 10.1. The fraction of sp³-hybridized carbons (Fsp3) is 0.333. The number of aliphatic hydroxyl groups excluding tert-OH is 1. The van der Waals surface area contributed by atoms with Crippen molar-refractivity contribution in [1.29, 1.82) is 0 Å². The maximum atomic E-state index is 10.7. The van der Waals surface area contributed by atoms with Crippen molar-refractivity contribution >= 4 is 11.8 Å². The Kier molecular flexibility index (Phi) is 4.35. The molecule has 1 aliphatic heterocycles. The molecule has 17 heavy (non-hydrogen) atoms. The maximum absolute atomic E-state index is 10.7. The second-order valence-electron chi connectivity index (χ2n) is 3.35. The molecule has 1 aromatic rings. The summed E-state index contributed by atoms with van der Waals surface area (Å²) in [6.45, 7) is 1.05. The summed E-state index contributed by atoms with van der Waals surface area (Å²) in [7, 11) is 0. The predicted molar refractivity (Wildman–Crippen MR) is 57.0 cm³/mol. The first-order chi connectivity index (χ1) is 8.08. The number of carboxylic acid groups (broad SMARTS) is 1. The van der Waals surface area contributed by atoms with Crippen molar-refractivity contribution in [3.63, 3.8) is 0 Å². The number of rotatable bonds is 2. The van der Waals surface area contributed by atoms with E-state index in [1.54, 1.807) is 0 Å². The average molecular weight is 241 g/mol. The fourth-order valence-electron chi connectivity index (χ4n) is 1.37. The first-order valence-electron chi connectivity index (χ1n) is 4.67. The Labute approximate surface area is 96.1 Å². The molecule has 0 spiro atoms. The molecular formula is C9H11N3O5. The van der Waals surface area contributed by atoms with Gasteiger partial charge in [-0.2, -0.15) is 0 Å². The third-order valence-electron chi connectivity index (χ3n) is 2.18. The van der Waals surface area contributed by atoms with Crippen LogP contribution in [-0.2, 0) is 0 Å². The van der Waals surface area contributed by atoms with Crippen molar-refractivity contribution in [1.82, 2.24) is 4.98 Å². The van der Waals surface area contributed by atoms with Gasteiger partial charge in [-0.15, -0.1) is 4.91 Å². The lowest BCUT2D eigenvalue weighted by Gasteiger charge is -2.36. The van der Waals surface area contributed by atoms with E-state index in [0.29, 0.717) is 18.9 Å². The van der Waals surface area contributed by atoms with Crippen LogP contribution in [0.3, 0.4) is 0 Å². The van der Waals surface area contributed by atoms with Gasteiger partial charge in [-0.1, -0.05) is 0 Å². The summed E-state index contributed by atoms with van der Waals surface area (Å²) >= 11 is 0. The Morgan fingerprint density at radius 3 is 2.59 bits per heavy atom. The second-order valence-corrected chi connectivity index (χ2v) is 3.35. The number of β-amino-alcohol motifs (C(OH)–C–C–N with tert-alkyl or cyclic N) is 1. The van der Waals surface area contributed by atoms with Crippen LogP contribution in [-0.4, -0.2) is 45.6 Å². The summed E-state index contributed by atoms with van der Waals surface area (Å²) in [4.78, 5) is 24.6. The zero-order chi connectivity index (χ0) is 12.8. The van der Waals surface area contributed by atoms with E-state index in [9.17, 15) is 4.79 Å². The number of carbonyl (C=O) groups is 1. The van der Waals surface area contributed by atoms with Crippen molar-refractivity contribution in [3.05, 3.63) is 28.8 Å². The number of hydrogen-bond donors (Lipinski definition) is 3. The summed E-state index contributed by atoms with van der Waals surface area (Å²) in [5, 5.41) is 25.7. The van der Waals surface area contributed by atoms with Gasteiger partial charge in [0.05, 0.1) is 11.7 Å². The van der Waals surface area contributed by atoms with Gasteiger partial charge in [-0.3, -0.25) is 0 Å². The Balaban J connectivity index is 0.000000437. The molecule has 0 aromatic carbocycles. The molecule has 1 aromatic heterocycles. The van der Waals surface area contributed by atoms with Crippen molar-refractivity contribution < 1.29 is 20.2 Å². The highest BCUT2D eigenvalue weighted by atomic mass is 16.6. The van der Waals surface area contributed by atoms with Crippen molar-refractivity contribution in [2.75, 3.05) is 18.0 Å². The molecule has 2 heterocycles. The quantitative estimate of drug-likeness (QED) is 0.495. The molecule has 8 heteroatoms. The van der Waals surface area contributed by atoms with Gasteiger partial charge in [-0.05, 0) is 12.1 Å². The Hall–Kier alpha value is -2.22. The number of hydrogen-bond acceptors (Lipinski definition) is 6. The number of carboxylic acids is 1. The molecule has 0 amide bonds. The van der Waals surface area contributed by atoms with Gasteiger partial charge in [0.2, 0.25) is 0 Å². The molecule has 0 atom stereocenters. The lowest BCUT2D eigenvalue weighted by molar-refractivity contribution is 0.0696. The SMILES string of the molecule is O=C(O)c1ccnc(N2CC(O)C2)c1.O=NO. The zero-order valence-electron chi connectivity index (χ0n) is 8.72. The molecule has 1 aliphatic rings. The van der Waals surface area contributed by atoms with Crippen LogP contribution in [0.5, 0.6) is 0 Å². The first kappa shape index (κ1) is 12.8.